The van der Waals surface area contributed by atoms with E-state index in [1.807, 2.05) is 12.4 Å². The van der Waals surface area contributed by atoms with Crippen LogP contribution in [-0.2, 0) is 6.42 Å². The van der Waals surface area contributed by atoms with Crippen LogP contribution in [0.1, 0.15) is 31.2 Å². The SMILES string of the molecule is CN(CCc1ccncc1)C(CN)C1CCCC1. The van der Waals surface area contributed by atoms with Crippen LogP contribution in [0.25, 0.3) is 0 Å². The van der Waals surface area contributed by atoms with Crippen molar-refractivity contribution in [2.45, 2.75) is 38.1 Å². The summed E-state index contributed by atoms with van der Waals surface area (Å²) in [6, 6.07) is 4.76. The van der Waals surface area contributed by atoms with Crippen molar-refractivity contribution >= 4 is 0 Å². The molecule has 3 nitrogen and oxygen atoms in total. The molecule has 1 unspecified atom stereocenters. The van der Waals surface area contributed by atoms with E-state index in [2.05, 4.69) is 29.1 Å². The summed E-state index contributed by atoms with van der Waals surface area (Å²) in [6.45, 7) is 1.87. The zero-order valence-electron chi connectivity index (χ0n) is 11.4. The molecule has 0 aliphatic heterocycles. The minimum atomic E-state index is 0.564. The van der Waals surface area contributed by atoms with Crippen LogP contribution in [0.2, 0.25) is 0 Å². The molecule has 1 saturated carbocycles. The van der Waals surface area contributed by atoms with Gasteiger partial charge in [0.25, 0.3) is 0 Å². The summed E-state index contributed by atoms with van der Waals surface area (Å²) in [5.74, 6) is 0.817. The van der Waals surface area contributed by atoms with Crippen LogP contribution in [0, 0.1) is 5.92 Å². The van der Waals surface area contributed by atoms with Crippen LogP contribution in [0.4, 0.5) is 0 Å². The van der Waals surface area contributed by atoms with Gasteiger partial charge in [-0.2, -0.15) is 0 Å². The van der Waals surface area contributed by atoms with Crippen molar-refractivity contribution in [1.82, 2.24) is 9.88 Å². The molecule has 1 aromatic heterocycles. The van der Waals surface area contributed by atoms with Gasteiger partial charge in [0.1, 0.15) is 0 Å². The third-order valence-electron chi connectivity index (χ3n) is 4.25. The Labute approximate surface area is 110 Å². The summed E-state index contributed by atoms with van der Waals surface area (Å²) in [6.07, 6.45) is 10.3. The highest BCUT2D eigenvalue weighted by Crippen LogP contribution is 2.29. The summed E-state index contributed by atoms with van der Waals surface area (Å²) < 4.78 is 0. The zero-order valence-corrected chi connectivity index (χ0v) is 11.4. The maximum atomic E-state index is 5.97. The average molecular weight is 247 g/mol. The van der Waals surface area contributed by atoms with Gasteiger partial charge in [0.05, 0.1) is 0 Å². The number of pyridine rings is 1. The molecule has 0 amide bonds. The molecule has 18 heavy (non-hydrogen) atoms. The molecule has 1 aromatic rings. The van der Waals surface area contributed by atoms with Gasteiger partial charge >= 0.3 is 0 Å². The number of likely N-dealkylation sites (N-methyl/N-ethyl adjacent to an activating group) is 1. The summed E-state index contributed by atoms with van der Waals surface area (Å²) in [7, 11) is 2.22. The topological polar surface area (TPSA) is 42.2 Å². The van der Waals surface area contributed by atoms with Crippen LogP contribution in [-0.4, -0.2) is 36.1 Å². The van der Waals surface area contributed by atoms with E-state index in [1.165, 1.54) is 31.2 Å². The molecule has 1 fully saturated rings. The molecule has 0 saturated heterocycles. The molecule has 0 spiro atoms. The zero-order chi connectivity index (χ0) is 12.8. The Bertz CT molecular complexity index is 333. The standard InChI is InChI=1S/C15H25N3/c1-18(11-8-13-6-9-17-10-7-13)15(12-16)14-4-2-3-5-14/h6-7,9-10,14-15H,2-5,8,11-12,16H2,1H3. The van der Waals surface area contributed by atoms with Gasteiger partial charge in [-0.1, -0.05) is 12.8 Å². The summed E-state index contributed by atoms with van der Waals surface area (Å²) in [4.78, 5) is 6.51. The predicted molar refractivity (Wildman–Crippen MR) is 75.4 cm³/mol. The molecular weight excluding hydrogens is 222 g/mol. The minimum Gasteiger partial charge on any atom is -0.329 e. The maximum Gasteiger partial charge on any atom is 0.0270 e. The van der Waals surface area contributed by atoms with Crippen molar-refractivity contribution in [2.75, 3.05) is 20.1 Å². The second kappa shape index (κ2) is 6.86. The number of aromatic nitrogens is 1. The van der Waals surface area contributed by atoms with Gasteiger partial charge < -0.3 is 10.6 Å². The van der Waals surface area contributed by atoms with Crippen molar-refractivity contribution in [3.05, 3.63) is 30.1 Å². The summed E-state index contributed by atoms with van der Waals surface area (Å²) in [5, 5.41) is 0. The lowest BCUT2D eigenvalue weighted by molar-refractivity contribution is 0.183. The van der Waals surface area contributed by atoms with Crippen LogP contribution < -0.4 is 5.73 Å². The Hall–Kier alpha value is -0.930. The van der Waals surface area contributed by atoms with E-state index in [0.29, 0.717) is 6.04 Å². The Morgan fingerprint density at radius 1 is 1.33 bits per heavy atom. The lowest BCUT2D eigenvalue weighted by atomic mass is 9.96. The van der Waals surface area contributed by atoms with E-state index in [4.69, 9.17) is 5.73 Å². The second-order valence-corrected chi connectivity index (χ2v) is 5.43. The van der Waals surface area contributed by atoms with E-state index in [0.717, 1.165) is 25.4 Å². The molecule has 2 rings (SSSR count). The second-order valence-electron chi connectivity index (χ2n) is 5.43. The Balaban J connectivity index is 1.83. The summed E-state index contributed by atoms with van der Waals surface area (Å²) >= 11 is 0. The minimum absolute atomic E-state index is 0.564. The van der Waals surface area contributed by atoms with Gasteiger partial charge in [-0.15, -0.1) is 0 Å². The van der Waals surface area contributed by atoms with E-state index < -0.39 is 0 Å². The van der Waals surface area contributed by atoms with Crippen molar-refractivity contribution in [1.29, 1.82) is 0 Å². The highest BCUT2D eigenvalue weighted by molar-refractivity contribution is 5.10. The molecule has 0 bridgehead atoms. The fourth-order valence-corrected chi connectivity index (χ4v) is 3.10. The third-order valence-corrected chi connectivity index (χ3v) is 4.25. The molecule has 3 heteroatoms. The lowest BCUT2D eigenvalue weighted by Crippen LogP contribution is -2.43. The van der Waals surface area contributed by atoms with Gasteiger partial charge in [-0.25, -0.2) is 0 Å². The first-order valence-electron chi connectivity index (χ1n) is 7.10. The Morgan fingerprint density at radius 2 is 2.00 bits per heavy atom. The fraction of sp³-hybridized carbons (Fsp3) is 0.667. The number of rotatable bonds is 6. The van der Waals surface area contributed by atoms with Crippen molar-refractivity contribution < 1.29 is 0 Å². The van der Waals surface area contributed by atoms with E-state index >= 15 is 0 Å². The highest BCUT2D eigenvalue weighted by atomic mass is 15.1. The number of nitrogens with zero attached hydrogens (tertiary/aromatic N) is 2. The van der Waals surface area contributed by atoms with Gasteiger partial charge in [-0.3, -0.25) is 4.98 Å². The van der Waals surface area contributed by atoms with E-state index in [9.17, 15) is 0 Å². The molecule has 1 atom stereocenters. The fourth-order valence-electron chi connectivity index (χ4n) is 3.10. The molecular formula is C15H25N3. The van der Waals surface area contributed by atoms with E-state index in [-0.39, 0.29) is 0 Å². The molecule has 2 N–H and O–H groups in total. The first-order valence-corrected chi connectivity index (χ1v) is 7.10. The van der Waals surface area contributed by atoms with Crippen molar-refractivity contribution in [3.63, 3.8) is 0 Å². The van der Waals surface area contributed by atoms with Crippen molar-refractivity contribution in [3.8, 4) is 0 Å². The van der Waals surface area contributed by atoms with Gasteiger partial charge in [0.15, 0.2) is 0 Å². The smallest absolute Gasteiger partial charge is 0.0270 e. The molecule has 0 aromatic carbocycles. The first-order chi connectivity index (χ1) is 8.81. The average Bonchev–Trinajstić information content (AvgIpc) is 2.92. The van der Waals surface area contributed by atoms with Crippen molar-refractivity contribution in [2.24, 2.45) is 11.7 Å². The van der Waals surface area contributed by atoms with Gasteiger partial charge in [-0.05, 0) is 49.9 Å². The van der Waals surface area contributed by atoms with Crippen LogP contribution in [0.15, 0.2) is 24.5 Å². The van der Waals surface area contributed by atoms with E-state index in [1.54, 1.807) is 0 Å². The predicted octanol–water partition coefficient (Wildman–Crippen LogP) is 2.07. The molecule has 1 aliphatic rings. The van der Waals surface area contributed by atoms with Crippen LogP contribution >= 0.6 is 0 Å². The molecule has 1 heterocycles. The summed E-state index contributed by atoms with van der Waals surface area (Å²) in [5.41, 5.74) is 7.33. The van der Waals surface area contributed by atoms with Crippen LogP contribution in [0.5, 0.6) is 0 Å². The molecule has 1 aliphatic carbocycles. The largest absolute Gasteiger partial charge is 0.329 e. The monoisotopic (exact) mass is 247 g/mol. The number of nitrogens with two attached hydrogens (primary N) is 1. The molecule has 0 radical (unpaired) electrons. The quantitative estimate of drug-likeness (QED) is 0.837. The molecule has 100 valence electrons. The lowest BCUT2D eigenvalue weighted by Gasteiger charge is -2.31. The Morgan fingerprint density at radius 3 is 2.61 bits per heavy atom. The maximum absolute atomic E-state index is 5.97. The van der Waals surface area contributed by atoms with Gasteiger partial charge in [0.2, 0.25) is 0 Å². The Kier molecular flexibility index (Phi) is 5.14. The highest BCUT2D eigenvalue weighted by Gasteiger charge is 2.26. The normalized spacial score (nSPS) is 18.4. The first kappa shape index (κ1) is 13.5. The third kappa shape index (κ3) is 3.53. The van der Waals surface area contributed by atoms with Gasteiger partial charge in [0, 0.05) is 31.5 Å². The number of hydrogen-bond donors (Lipinski definition) is 1. The van der Waals surface area contributed by atoms with Crippen LogP contribution in [0.3, 0.4) is 0 Å². The number of hydrogen-bond acceptors (Lipinski definition) is 3.